The van der Waals surface area contributed by atoms with Gasteiger partial charge in [-0.15, -0.1) is 0 Å². The molecule has 0 saturated heterocycles. The van der Waals surface area contributed by atoms with E-state index in [1.807, 2.05) is 24.3 Å². The lowest BCUT2D eigenvalue weighted by Gasteiger charge is -2.20. The van der Waals surface area contributed by atoms with Crippen LogP contribution in [-0.4, -0.2) is 32.9 Å². The van der Waals surface area contributed by atoms with E-state index < -0.39 is 15.9 Å². The molecule has 0 fully saturated rings. The highest BCUT2D eigenvalue weighted by Gasteiger charge is 2.26. The summed E-state index contributed by atoms with van der Waals surface area (Å²) in [6.07, 6.45) is 5.40. The molecule has 0 spiro atoms. The molecule has 1 heterocycles. The summed E-state index contributed by atoms with van der Waals surface area (Å²) < 4.78 is 27.4. The lowest BCUT2D eigenvalue weighted by atomic mass is 10.0. The first-order chi connectivity index (χ1) is 14.4. The summed E-state index contributed by atoms with van der Waals surface area (Å²) in [4.78, 5) is 16.7. The Morgan fingerprint density at radius 1 is 1.10 bits per heavy atom. The second-order valence-electron chi connectivity index (χ2n) is 6.59. The van der Waals surface area contributed by atoms with E-state index in [-0.39, 0.29) is 10.5 Å². The van der Waals surface area contributed by atoms with Crippen molar-refractivity contribution in [3.8, 4) is 0 Å². The van der Waals surface area contributed by atoms with Crippen molar-refractivity contribution in [1.29, 1.82) is 0 Å². The minimum atomic E-state index is -3.94. The van der Waals surface area contributed by atoms with Gasteiger partial charge in [-0.3, -0.25) is 14.1 Å². The fourth-order valence-electron chi connectivity index (χ4n) is 3.07. The average Bonchev–Trinajstić information content (AvgIpc) is 2.79. The Kier molecular flexibility index (Phi) is 6.64. The maximum Gasteiger partial charge on any atom is 0.264 e. The quantitative estimate of drug-likeness (QED) is 0.604. The minimum absolute atomic E-state index is 0.0552. The number of carbonyl (C=O) groups excluding carboxylic acids is 1. The van der Waals surface area contributed by atoms with E-state index in [1.54, 1.807) is 36.5 Å². The summed E-state index contributed by atoms with van der Waals surface area (Å²) in [5.74, 6) is -0.440. The average molecular weight is 422 g/mol. The van der Waals surface area contributed by atoms with Crippen molar-refractivity contribution in [2.75, 3.05) is 17.9 Å². The molecule has 0 saturated carbocycles. The van der Waals surface area contributed by atoms with Crippen molar-refractivity contribution in [1.82, 2.24) is 10.3 Å². The third-order valence-electron chi connectivity index (χ3n) is 4.73. The molecule has 6 nitrogen and oxygen atoms in total. The summed E-state index contributed by atoms with van der Waals surface area (Å²) in [5.41, 5.74) is 2.58. The lowest BCUT2D eigenvalue weighted by molar-refractivity contribution is 0.0951. The van der Waals surface area contributed by atoms with Crippen LogP contribution in [0.3, 0.4) is 0 Å². The summed E-state index contributed by atoms with van der Waals surface area (Å²) in [6, 6.07) is 17.3. The molecule has 3 rings (SSSR count). The molecule has 0 unspecified atom stereocenters. The normalized spacial score (nSPS) is 11.0. The third-order valence-corrected chi connectivity index (χ3v) is 6.58. The number of carbonyl (C=O) groups is 1. The number of sulfonamides is 1. The molecule has 1 aromatic heterocycles. The van der Waals surface area contributed by atoms with E-state index in [1.165, 1.54) is 25.4 Å². The fraction of sp³-hybridized carbons (Fsp3) is 0.130. The van der Waals surface area contributed by atoms with Gasteiger partial charge in [-0.25, -0.2) is 8.42 Å². The first-order valence-electron chi connectivity index (χ1n) is 9.41. The summed E-state index contributed by atoms with van der Waals surface area (Å²) in [6.45, 7) is 4.17. The largest absolute Gasteiger partial charge is 0.352 e. The van der Waals surface area contributed by atoms with Gasteiger partial charge in [0.2, 0.25) is 0 Å². The zero-order chi connectivity index (χ0) is 21.6. The van der Waals surface area contributed by atoms with Crippen LogP contribution >= 0.6 is 0 Å². The standard InChI is InChI=1S/C23H23N3O3S/c1-3-18-9-4-5-10-19(18)14-16-25-23(27)21-12-6-7-13-22(21)30(28,29)26(2)20-11-8-15-24-17-20/h3-13,15,17H,1,14,16H2,2H3,(H,25,27). The molecule has 30 heavy (non-hydrogen) atoms. The molecule has 0 aliphatic rings. The summed E-state index contributed by atoms with van der Waals surface area (Å²) in [5, 5.41) is 2.82. The van der Waals surface area contributed by atoms with Gasteiger partial charge in [-0.05, 0) is 41.8 Å². The second-order valence-corrected chi connectivity index (χ2v) is 8.53. The van der Waals surface area contributed by atoms with Crippen LogP contribution in [0.2, 0.25) is 0 Å². The topological polar surface area (TPSA) is 79.4 Å². The van der Waals surface area contributed by atoms with E-state index in [9.17, 15) is 13.2 Å². The van der Waals surface area contributed by atoms with Gasteiger partial charge < -0.3 is 5.32 Å². The number of anilines is 1. The summed E-state index contributed by atoms with van der Waals surface area (Å²) in [7, 11) is -2.50. The van der Waals surface area contributed by atoms with Crippen LogP contribution < -0.4 is 9.62 Å². The number of hydrogen-bond acceptors (Lipinski definition) is 4. The Balaban J connectivity index is 1.79. The van der Waals surface area contributed by atoms with E-state index >= 15 is 0 Å². The van der Waals surface area contributed by atoms with Crippen molar-refractivity contribution >= 4 is 27.7 Å². The van der Waals surface area contributed by atoms with Crippen molar-refractivity contribution in [2.24, 2.45) is 0 Å². The lowest BCUT2D eigenvalue weighted by Crippen LogP contribution is -2.31. The van der Waals surface area contributed by atoms with Crippen LogP contribution in [0.15, 0.2) is 84.5 Å². The van der Waals surface area contributed by atoms with Crippen LogP contribution in [0.5, 0.6) is 0 Å². The highest BCUT2D eigenvalue weighted by Crippen LogP contribution is 2.24. The SMILES string of the molecule is C=Cc1ccccc1CCNC(=O)c1ccccc1S(=O)(=O)N(C)c1cccnc1. The maximum absolute atomic E-state index is 13.1. The molecule has 0 aliphatic carbocycles. The van der Waals surface area contributed by atoms with Gasteiger partial charge in [-0.1, -0.05) is 49.1 Å². The molecule has 7 heteroatoms. The number of aromatic nitrogens is 1. The van der Waals surface area contributed by atoms with Gasteiger partial charge in [0, 0.05) is 19.8 Å². The molecule has 0 aliphatic heterocycles. The number of amides is 1. The monoisotopic (exact) mass is 421 g/mol. The molecule has 1 amide bonds. The van der Waals surface area contributed by atoms with E-state index in [0.29, 0.717) is 18.7 Å². The molecular formula is C23H23N3O3S. The Hall–Kier alpha value is -3.45. The highest BCUT2D eigenvalue weighted by atomic mass is 32.2. The van der Waals surface area contributed by atoms with Gasteiger partial charge in [0.25, 0.3) is 15.9 Å². The van der Waals surface area contributed by atoms with Gasteiger partial charge in [0.05, 0.1) is 17.4 Å². The van der Waals surface area contributed by atoms with Crippen LogP contribution in [0, 0.1) is 0 Å². The van der Waals surface area contributed by atoms with Crippen LogP contribution in [0.1, 0.15) is 21.5 Å². The maximum atomic E-state index is 13.1. The number of rotatable bonds is 8. The van der Waals surface area contributed by atoms with E-state index in [0.717, 1.165) is 15.4 Å². The van der Waals surface area contributed by atoms with Gasteiger partial charge in [0.15, 0.2) is 0 Å². The molecular weight excluding hydrogens is 398 g/mol. The summed E-state index contributed by atoms with van der Waals surface area (Å²) >= 11 is 0. The molecule has 154 valence electrons. The number of nitrogens with one attached hydrogen (secondary N) is 1. The first-order valence-corrected chi connectivity index (χ1v) is 10.9. The third kappa shape index (κ3) is 4.58. The Morgan fingerprint density at radius 2 is 1.83 bits per heavy atom. The van der Waals surface area contributed by atoms with E-state index in [4.69, 9.17) is 0 Å². The predicted octanol–water partition coefficient (Wildman–Crippen LogP) is 3.52. The van der Waals surface area contributed by atoms with E-state index in [2.05, 4.69) is 16.9 Å². The Morgan fingerprint density at radius 3 is 2.57 bits per heavy atom. The van der Waals surface area contributed by atoms with Crippen molar-refractivity contribution < 1.29 is 13.2 Å². The van der Waals surface area contributed by atoms with Gasteiger partial charge in [0.1, 0.15) is 4.90 Å². The molecule has 2 aromatic carbocycles. The second kappa shape index (κ2) is 9.37. The van der Waals surface area contributed by atoms with Crippen molar-refractivity contribution in [3.63, 3.8) is 0 Å². The zero-order valence-corrected chi connectivity index (χ0v) is 17.5. The first kappa shape index (κ1) is 21.3. The molecule has 0 atom stereocenters. The van der Waals surface area contributed by atoms with Gasteiger partial charge >= 0.3 is 0 Å². The van der Waals surface area contributed by atoms with Crippen molar-refractivity contribution in [2.45, 2.75) is 11.3 Å². The number of benzene rings is 2. The molecule has 0 bridgehead atoms. The predicted molar refractivity (Wildman–Crippen MR) is 119 cm³/mol. The number of hydrogen-bond donors (Lipinski definition) is 1. The Labute approximate surface area is 176 Å². The van der Waals surface area contributed by atoms with Crippen LogP contribution in [0.25, 0.3) is 6.08 Å². The molecule has 1 N–H and O–H groups in total. The van der Waals surface area contributed by atoms with Crippen LogP contribution in [0.4, 0.5) is 5.69 Å². The smallest absolute Gasteiger partial charge is 0.264 e. The van der Waals surface area contributed by atoms with Gasteiger partial charge in [-0.2, -0.15) is 0 Å². The van der Waals surface area contributed by atoms with Crippen molar-refractivity contribution in [3.05, 3.63) is 96.3 Å². The molecule has 0 radical (unpaired) electrons. The fourth-order valence-corrected chi connectivity index (χ4v) is 4.44. The zero-order valence-electron chi connectivity index (χ0n) is 16.7. The van der Waals surface area contributed by atoms with Crippen LogP contribution in [-0.2, 0) is 16.4 Å². The number of nitrogens with zero attached hydrogens (tertiary/aromatic N) is 2. The molecule has 3 aromatic rings. The highest BCUT2D eigenvalue weighted by molar-refractivity contribution is 7.92. The minimum Gasteiger partial charge on any atom is -0.352 e. The number of pyridine rings is 1. The Bertz CT molecular complexity index is 1150.